The Bertz CT molecular complexity index is 3190. The number of anilines is 3. The van der Waals surface area contributed by atoms with Crippen LogP contribution >= 0.6 is 0 Å². The molecular weight excluding hydrogens is 723 g/mol. The lowest BCUT2D eigenvalue weighted by molar-refractivity contribution is 0.399. The molecule has 0 aliphatic carbocycles. The Morgan fingerprint density at radius 3 is 1.64 bits per heavy atom. The summed E-state index contributed by atoms with van der Waals surface area (Å²) in [6, 6.07) is 74.8. The Balaban J connectivity index is 1.16. The molecule has 0 bridgehead atoms. The van der Waals surface area contributed by atoms with Gasteiger partial charge >= 0.3 is 0 Å². The fourth-order valence-corrected chi connectivity index (χ4v) is 9.41. The number of nitrogens with zero attached hydrogens (tertiary/aromatic N) is 1. The van der Waals surface area contributed by atoms with E-state index >= 15 is 0 Å². The first-order valence-electron chi connectivity index (χ1n) is 20.0. The van der Waals surface area contributed by atoms with Crippen LogP contribution in [0.25, 0.3) is 44.2 Å². The van der Waals surface area contributed by atoms with Crippen molar-refractivity contribution in [3.05, 3.63) is 235 Å². The normalized spacial score (nSPS) is 13.2. The summed E-state index contributed by atoms with van der Waals surface area (Å²) in [7, 11) is 0. The number of hydrogen-bond acceptors (Lipinski definition) is 4. The molecule has 0 atom stereocenters. The molecule has 1 aromatic heterocycles. The smallest absolute Gasteiger partial charge is 0.137 e. The summed E-state index contributed by atoms with van der Waals surface area (Å²) in [5.41, 5.74) is 12.6. The molecular formula is C55H35NO3. The average Bonchev–Trinajstić information content (AvgIpc) is 3.68. The molecule has 10 aromatic rings. The van der Waals surface area contributed by atoms with E-state index in [1.54, 1.807) is 0 Å². The Kier molecular flexibility index (Phi) is 7.41. The van der Waals surface area contributed by atoms with Crippen LogP contribution in [0.15, 0.2) is 217 Å². The first-order chi connectivity index (χ1) is 29.2. The highest BCUT2D eigenvalue weighted by Crippen LogP contribution is 2.62. The van der Waals surface area contributed by atoms with Crippen LogP contribution in [0.2, 0.25) is 0 Å². The number of hydrogen-bond donors (Lipinski definition) is 0. The van der Waals surface area contributed by atoms with Crippen LogP contribution in [0.5, 0.6) is 23.0 Å². The van der Waals surface area contributed by atoms with E-state index in [1.165, 1.54) is 0 Å². The Morgan fingerprint density at radius 2 is 0.881 bits per heavy atom. The summed E-state index contributed by atoms with van der Waals surface area (Å²) in [4.78, 5) is 2.36. The number of benzene rings is 9. The molecule has 4 nitrogen and oxygen atoms in total. The summed E-state index contributed by atoms with van der Waals surface area (Å²) in [5, 5.41) is 2.18. The van der Waals surface area contributed by atoms with Gasteiger partial charge in [0.2, 0.25) is 0 Å². The summed E-state index contributed by atoms with van der Waals surface area (Å²) < 4.78 is 20.2. The predicted molar refractivity (Wildman–Crippen MR) is 238 cm³/mol. The van der Waals surface area contributed by atoms with Gasteiger partial charge in [0.1, 0.15) is 34.2 Å². The third-order valence-electron chi connectivity index (χ3n) is 12.0. The molecule has 2 aliphatic heterocycles. The summed E-state index contributed by atoms with van der Waals surface area (Å²) in [6.07, 6.45) is 0. The fourth-order valence-electron chi connectivity index (χ4n) is 9.41. The van der Waals surface area contributed by atoms with Gasteiger partial charge in [-0.2, -0.15) is 0 Å². The number of rotatable bonds is 5. The van der Waals surface area contributed by atoms with Crippen LogP contribution < -0.4 is 14.4 Å². The average molecular weight is 758 g/mol. The van der Waals surface area contributed by atoms with Crippen molar-refractivity contribution in [3.8, 4) is 45.3 Å². The highest BCUT2D eigenvalue weighted by molar-refractivity contribution is 6.06. The molecule has 0 N–H and O–H groups in total. The number of fused-ring (bicyclic) bond motifs is 11. The third-order valence-corrected chi connectivity index (χ3v) is 12.0. The lowest BCUT2D eigenvalue weighted by Crippen LogP contribution is -2.37. The lowest BCUT2D eigenvalue weighted by Gasteiger charge is -2.45. The fraction of sp³-hybridized carbons (Fsp3) is 0.0182. The van der Waals surface area contributed by atoms with Crippen molar-refractivity contribution in [2.24, 2.45) is 0 Å². The Morgan fingerprint density at radius 1 is 0.339 bits per heavy atom. The van der Waals surface area contributed by atoms with Crippen molar-refractivity contribution in [3.63, 3.8) is 0 Å². The van der Waals surface area contributed by atoms with E-state index < -0.39 is 5.41 Å². The topological polar surface area (TPSA) is 34.8 Å². The zero-order valence-corrected chi connectivity index (χ0v) is 31.9. The van der Waals surface area contributed by atoms with E-state index in [9.17, 15) is 0 Å². The van der Waals surface area contributed by atoms with Crippen molar-refractivity contribution in [1.82, 2.24) is 0 Å². The second kappa shape index (κ2) is 13.1. The van der Waals surface area contributed by atoms with E-state index in [0.29, 0.717) is 0 Å². The molecule has 0 radical (unpaired) electrons. The molecule has 0 unspecified atom stereocenters. The second-order valence-electron chi connectivity index (χ2n) is 15.2. The van der Waals surface area contributed by atoms with Gasteiger partial charge in [-0.25, -0.2) is 0 Å². The van der Waals surface area contributed by atoms with Gasteiger partial charge in [-0.1, -0.05) is 140 Å². The monoisotopic (exact) mass is 757 g/mol. The van der Waals surface area contributed by atoms with Crippen LogP contribution in [0.3, 0.4) is 0 Å². The van der Waals surface area contributed by atoms with Crippen LogP contribution in [0.1, 0.15) is 22.3 Å². The molecule has 3 heterocycles. The van der Waals surface area contributed by atoms with Crippen LogP contribution in [0, 0.1) is 0 Å². The van der Waals surface area contributed by atoms with Crippen molar-refractivity contribution < 1.29 is 13.9 Å². The molecule has 59 heavy (non-hydrogen) atoms. The van der Waals surface area contributed by atoms with Crippen LogP contribution in [0.4, 0.5) is 17.1 Å². The van der Waals surface area contributed by atoms with Crippen LogP contribution in [-0.2, 0) is 5.41 Å². The van der Waals surface area contributed by atoms with Gasteiger partial charge in [0.25, 0.3) is 0 Å². The minimum atomic E-state index is -0.789. The molecule has 1 spiro atoms. The van der Waals surface area contributed by atoms with Crippen molar-refractivity contribution in [2.45, 2.75) is 5.41 Å². The maximum absolute atomic E-state index is 6.98. The highest BCUT2D eigenvalue weighted by atomic mass is 16.5. The van der Waals surface area contributed by atoms with E-state index in [4.69, 9.17) is 13.9 Å². The number of para-hydroxylation sites is 4. The van der Waals surface area contributed by atoms with Crippen molar-refractivity contribution >= 4 is 39.0 Å². The molecule has 4 heteroatoms. The van der Waals surface area contributed by atoms with E-state index in [2.05, 4.69) is 205 Å². The maximum Gasteiger partial charge on any atom is 0.137 e. The number of ether oxygens (including phenoxy) is 2. The molecule has 0 fully saturated rings. The minimum Gasteiger partial charge on any atom is -0.457 e. The molecule has 0 amide bonds. The van der Waals surface area contributed by atoms with Crippen molar-refractivity contribution in [1.29, 1.82) is 0 Å². The molecule has 278 valence electrons. The minimum absolute atomic E-state index is 0.789. The molecule has 0 saturated heterocycles. The first kappa shape index (κ1) is 33.3. The standard InChI is InChI=1S/C55H35NO3/c1-3-15-36(16-4-1)38-27-31-52-46(33-38)55(44-21-9-13-25-50(44)58-51-26-14-10-22-45(51)55)47-34-39(29-32-53(47)59-52)56(48-23-11-7-19-41(48)37-17-5-2-6-18-37)40-28-30-43-42-20-8-12-24-49(42)57-54(43)35-40/h1-35H. The lowest BCUT2D eigenvalue weighted by atomic mass is 9.62. The largest absolute Gasteiger partial charge is 0.457 e. The molecule has 2 aliphatic rings. The van der Waals surface area contributed by atoms with Gasteiger partial charge < -0.3 is 18.8 Å². The van der Waals surface area contributed by atoms with E-state index in [1.807, 2.05) is 12.1 Å². The van der Waals surface area contributed by atoms with E-state index in [-0.39, 0.29) is 0 Å². The van der Waals surface area contributed by atoms with Crippen molar-refractivity contribution in [2.75, 3.05) is 4.90 Å². The second-order valence-corrected chi connectivity index (χ2v) is 15.2. The van der Waals surface area contributed by atoms with Gasteiger partial charge in [0.05, 0.1) is 11.1 Å². The summed E-state index contributed by atoms with van der Waals surface area (Å²) in [5.74, 6) is 3.26. The number of furan rings is 1. The van der Waals surface area contributed by atoms with Crippen LogP contribution in [-0.4, -0.2) is 0 Å². The third kappa shape index (κ3) is 5.10. The van der Waals surface area contributed by atoms with Gasteiger partial charge in [0.15, 0.2) is 0 Å². The Hall–Kier alpha value is -7.82. The zero-order chi connectivity index (χ0) is 38.9. The zero-order valence-electron chi connectivity index (χ0n) is 31.9. The molecule has 9 aromatic carbocycles. The quantitative estimate of drug-likeness (QED) is 0.175. The molecule has 12 rings (SSSR count). The molecule has 0 saturated carbocycles. The van der Waals surface area contributed by atoms with Gasteiger partial charge in [-0.05, 0) is 83.4 Å². The SMILES string of the molecule is c1ccc(-c2ccc3c(c2)C2(c4ccccc4Oc4ccccc42)c2cc(N(c4ccc5c(c4)oc4ccccc45)c4ccccc4-c4ccccc4)ccc2O3)cc1. The summed E-state index contributed by atoms with van der Waals surface area (Å²) >= 11 is 0. The van der Waals surface area contributed by atoms with Gasteiger partial charge in [0, 0.05) is 56.0 Å². The van der Waals surface area contributed by atoms with Gasteiger partial charge in [-0.15, -0.1) is 0 Å². The Labute approximate surface area is 341 Å². The first-order valence-corrected chi connectivity index (χ1v) is 20.0. The predicted octanol–water partition coefficient (Wildman–Crippen LogP) is 15.0. The highest BCUT2D eigenvalue weighted by Gasteiger charge is 2.51. The van der Waals surface area contributed by atoms with E-state index in [0.717, 1.165) is 107 Å². The van der Waals surface area contributed by atoms with Gasteiger partial charge in [-0.3, -0.25) is 0 Å². The maximum atomic E-state index is 6.98. The summed E-state index contributed by atoms with van der Waals surface area (Å²) in [6.45, 7) is 0.